The van der Waals surface area contributed by atoms with Crippen LogP contribution in [0.3, 0.4) is 0 Å². The quantitative estimate of drug-likeness (QED) is 0.256. The molecule has 0 aliphatic rings. The number of fused-ring (bicyclic) bond motifs is 2. The summed E-state index contributed by atoms with van der Waals surface area (Å²) < 4.78 is 7.17. The van der Waals surface area contributed by atoms with E-state index in [1.54, 1.807) is 24.7 Å². The van der Waals surface area contributed by atoms with Gasteiger partial charge in [0.05, 0.1) is 33.8 Å². The zero-order valence-corrected chi connectivity index (χ0v) is 18.1. The maximum absolute atomic E-state index is 13.4. The van der Waals surface area contributed by atoms with Gasteiger partial charge in [-0.05, 0) is 41.8 Å². The molecule has 0 bridgehead atoms. The van der Waals surface area contributed by atoms with E-state index in [1.807, 2.05) is 60.0 Å². The molecule has 5 aromatic rings. The number of amides is 1. The van der Waals surface area contributed by atoms with Gasteiger partial charge in [-0.1, -0.05) is 29.5 Å². The summed E-state index contributed by atoms with van der Waals surface area (Å²) in [6.07, 6.45) is 1.67. The van der Waals surface area contributed by atoms with E-state index in [-0.39, 0.29) is 5.91 Å². The van der Waals surface area contributed by atoms with Gasteiger partial charge in [0.2, 0.25) is 5.13 Å². The Balaban J connectivity index is 1.58. The first kappa shape index (κ1) is 18.9. The summed E-state index contributed by atoms with van der Waals surface area (Å²) in [5, 5.41) is 8.62. The molecule has 1 amide bonds. The molecule has 148 valence electrons. The van der Waals surface area contributed by atoms with Crippen molar-refractivity contribution in [1.82, 2.24) is 9.97 Å². The van der Waals surface area contributed by atoms with E-state index in [4.69, 9.17) is 4.74 Å². The van der Waals surface area contributed by atoms with Gasteiger partial charge in [0, 0.05) is 4.88 Å². The summed E-state index contributed by atoms with van der Waals surface area (Å²) in [6, 6.07) is 17.2. The molecular formula is C21H14N4O2S3. The van der Waals surface area contributed by atoms with Crippen molar-refractivity contribution in [2.45, 2.75) is 0 Å². The normalized spacial score (nSPS) is 11.5. The Kier molecular flexibility index (Phi) is 4.99. The minimum Gasteiger partial charge on any atom is -0.497 e. The zero-order valence-electron chi connectivity index (χ0n) is 15.7. The fourth-order valence-electron chi connectivity index (χ4n) is 2.83. The average molecular weight is 451 g/mol. The van der Waals surface area contributed by atoms with Crippen LogP contribution >= 0.6 is 34.0 Å². The van der Waals surface area contributed by atoms with Crippen LogP contribution in [0.1, 0.15) is 14.7 Å². The average Bonchev–Trinajstić information content (AvgIpc) is 3.51. The molecule has 0 atom stereocenters. The van der Waals surface area contributed by atoms with Crippen LogP contribution in [0.25, 0.3) is 20.4 Å². The van der Waals surface area contributed by atoms with E-state index in [0.29, 0.717) is 10.1 Å². The SMILES string of the molecule is COc1ccc2nc(N(/N=C/c3cccs3)C(=O)c3nc4ccccc4s3)sc2c1. The lowest BCUT2D eigenvalue weighted by atomic mass is 10.3. The molecule has 0 aliphatic carbocycles. The van der Waals surface area contributed by atoms with Crippen molar-refractivity contribution >= 4 is 71.7 Å². The van der Waals surface area contributed by atoms with Crippen molar-refractivity contribution in [3.8, 4) is 5.75 Å². The molecule has 3 heterocycles. The molecule has 0 N–H and O–H groups in total. The predicted octanol–water partition coefficient (Wildman–Crippen LogP) is 5.66. The Morgan fingerprint density at radius 1 is 1.03 bits per heavy atom. The predicted molar refractivity (Wildman–Crippen MR) is 125 cm³/mol. The molecule has 0 spiro atoms. The lowest BCUT2D eigenvalue weighted by Gasteiger charge is -2.11. The van der Waals surface area contributed by atoms with Crippen LogP contribution in [0.5, 0.6) is 5.75 Å². The fraction of sp³-hybridized carbons (Fsp3) is 0.0476. The highest BCUT2D eigenvalue weighted by atomic mass is 32.1. The minimum absolute atomic E-state index is 0.310. The van der Waals surface area contributed by atoms with Crippen molar-refractivity contribution in [1.29, 1.82) is 0 Å². The van der Waals surface area contributed by atoms with Gasteiger partial charge in [-0.3, -0.25) is 4.79 Å². The lowest BCUT2D eigenvalue weighted by molar-refractivity contribution is 0.0987. The first-order valence-corrected chi connectivity index (χ1v) is 11.4. The van der Waals surface area contributed by atoms with Crippen molar-refractivity contribution in [2.24, 2.45) is 5.10 Å². The van der Waals surface area contributed by atoms with Crippen LogP contribution in [0, 0.1) is 0 Å². The van der Waals surface area contributed by atoms with Crippen LogP contribution < -0.4 is 9.75 Å². The second-order valence-corrected chi connectivity index (χ2v) is 9.21. The Labute approximate surface area is 183 Å². The number of methoxy groups -OCH3 is 1. The van der Waals surface area contributed by atoms with Crippen LogP contribution in [-0.2, 0) is 0 Å². The van der Waals surface area contributed by atoms with Gasteiger partial charge >= 0.3 is 5.91 Å². The molecule has 0 unspecified atom stereocenters. The summed E-state index contributed by atoms with van der Waals surface area (Å²) in [7, 11) is 1.62. The summed E-state index contributed by atoms with van der Waals surface area (Å²) in [5.41, 5.74) is 1.58. The molecule has 3 aromatic heterocycles. The third kappa shape index (κ3) is 3.58. The number of rotatable bonds is 5. The van der Waals surface area contributed by atoms with Gasteiger partial charge < -0.3 is 4.74 Å². The molecule has 0 radical (unpaired) electrons. The maximum Gasteiger partial charge on any atom is 0.309 e. The molecule has 2 aromatic carbocycles. The topological polar surface area (TPSA) is 67.7 Å². The number of hydrogen-bond donors (Lipinski definition) is 0. The number of nitrogens with zero attached hydrogens (tertiary/aromatic N) is 4. The molecule has 0 saturated heterocycles. The van der Waals surface area contributed by atoms with E-state index in [0.717, 1.165) is 31.1 Å². The molecule has 0 fully saturated rings. The van der Waals surface area contributed by atoms with Crippen molar-refractivity contribution in [3.63, 3.8) is 0 Å². The van der Waals surface area contributed by atoms with E-state index < -0.39 is 0 Å². The highest BCUT2D eigenvalue weighted by Crippen LogP contribution is 2.33. The number of aromatic nitrogens is 2. The molecular weight excluding hydrogens is 436 g/mol. The van der Waals surface area contributed by atoms with E-state index in [1.165, 1.54) is 27.7 Å². The number of ether oxygens (including phenoxy) is 1. The molecule has 5 rings (SSSR count). The van der Waals surface area contributed by atoms with E-state index in [2.05, 4.69) is 15.1 Å². The molecule has 0 saturated carbocycles. The second kappa shape index (κ2) is 7.94. The van der Waals surface area contributed by atoms with Gasteiger partial charge in [0.15, 0.2) is 5.01 Å². The standard InChI is InChI=1S/C21H14N4O2S3/c1-27-13-8-9-16-18(11-13)30-21(24-16)25(22-12-14-5-4-10-28-14)20(26)19-23-15-6-2-3-7-17(15)29-19/h2-12H,1H3/b22-12+. The molecule has 0 aliphatic heterocycles. The summed E-state index contributed by atoms with van der Waals surface area (Å²) in [4.78, 5) is 23.4. The number of thiophene rings is 1. The second-order valence-electron chi connectivity index (χ2n) is 6.19. The lowest BCUT2D eigenvalue weighted by Crippen LogP contribution is -2.25. The molecule has 6 nitrogen and oxygen atoms in total. The van der Waals surface area contributed by atoms with Gasteiger partial charge in [-0.2, -0.15) is 10.1 Å². The number of anilines is 1. The number of hydrogen-bond acceptors (Lipinski definition) is 8. The van der Waals surface area contributed by atoms with Gasteiger partial charge in [-0.15, -0.1) is 22.7 Å². The van der Waals surface area contributed by atoms with Crippen molar-refractivity contribution in [2.75, 3.05) is 12.1 Å². The zero-order chi connectivity index (χ0) is 20.5. The van der Waals surface area contributed by atoms with Gasteiger partial charge in [0.25, 0.3) is 0 Å². The molecule has 9 heteroatoms. The van der Waals surface area contributed by atoms with E-state index in [9.17, 15) is 4.79 Å². The minimum atomic E-state index is -0.310. The Morgan fingerprint density at radius 2 is 1.90 bits per heavy atom. The molecule has 30 heavy (non-hydrogen) atoms. The third-order valence-corrected chi connectivity index (χ3v) is 7.10. The number of carbonyl (C=O) groups is 1. The Morgan fingerprint density at radius 3 is 2.70 bits per heavy atom. The monoisotopic (exact) mass is 450 g/mol. The Bertz CT molecular complexity index is 1340. The van der Waals surface area contributed by atoms with Crippen LogP contribution in [0.4, 0.5) is 5.13 Å². The van der Waals surface area contributed by atoms with Crippen LogP contribution in [0.15, 0.2) is 65.1 Å². The van der Waals surface area contributed by atoms with Gasteiger partial charge in [0.1, 0.15) is 5.75 Å². The Hall–Kier alpha value is -3.14. The van der Waals surface area contributed by atoms with E-state index >= 15 is 0 Å². The number of carbonyl (C=O) groups excluding carboxylic acids is 1. The number of benzene rings is 2. The fourth-order valence-corrected chi connectivity index (χ4v) is 5.25. The number of hydrazone groups is 1. The number of thiazole rings is 2. The third-order valence-electron chi connectivity index (χ3n) is 4.28. The highest BCUT2D eigenvalue weighted by molar-refractivity contribution is 7.23. The summed E-state index contributed by atoms with van der Waals surface area (Å²) >= 11 is 4.28. The van der Waals surface area contributed by atoms with Crippen molar-refractivity contribution in [3.05, 3.63) is 69.9 Å². The highest BCUT2D eigenvalue weighted by Gasteiger charge is 2.24. The first-order valence-electron chi connectivity index (χ1n) is 8.93. The van der Waals surface area contributed by atoms with Gasteiger partial charge in [-0.25, -0.2) is 9.97 Å². The maximum atomic E-state index is 13.4. The summed E-state index contributed by atoms with van der Waals surface area (Å²) in [5.74, 6) is 0.430. The largest absolute Gasteiger partial charge is 0.497 e. The first-order chi connectivity index (χ1) is 14.7. The smallest absolute Gasteiger partial charge is 0.309 e. The summed E-state index contributed by atoms with van der Waals surface area (Å²) in [6.45, 7) is 0. The number of para-hydroxylation sites is 1. The van der Waals surface area contributed by atoms with Crippen LogP contribution in [-0.4, -0.2) is 29.2 Å². The van der Waals surface area contributed by atoms with Crippen LogP contribution in [0.2, 0.25) is 0 Å². The van der Waals surface area contributed by atoms with Crippen molar-refractivity contribution < 1.29 is 9.53 Å².